The van der Waals surface area contributed by atoms with Gasteiger partial charge in [-0.3, -0.25) is 14.8 Å². The van der Waals surface area contributed by atoms with E-state index >= 15 is 0 Å². The van der Waals surface area contributed by atoms with Gasteiger partial charge in [-0.2, -0.15) is 0 Å². The number of carbonyl (C=O) groups excluding carboxylic acids is 2. The van der Waals surface area contributed by atoms with Gasteiger partial charge < -0.3 is 14.1 Å². The molecular formula is C22H22N2O5. The van der Waals surface area contributed by atoms with Gasteiger partial charge in [0.1, 0.15) is 11.3 Å². The molecule has 0 saturated heterocycles. The lowest BCUT2D eigenvalue weighted by Crippen LogP contribution is -2.32. The predicted molar refractivity (Wildman–Crippen MR) is 106 cm³/mol. The summed E-state index contributed by atoms with van der Waals surface area (Å²) in [5.74, 6) is 0.213. The van der Waals surface area contributed by atoms with Crippen LogP contribution >= 0.6 is 0 Å². The van der Waals surface area contributed by atoms with Crippen molar-refractivity contribution in [1.29, 1.82) is 0 Å². The lowest BCUT2D eigenvalue weighted by atomic mass is 10.0. The summed E-state index contributed by atoms with van der Waals surface area (Å²) in [6, 6.07) is 10.9. The molecule has 0 atom stereocenters. The van der Waals surface area contributed by atoms with Crippen LogP contribution in [0, 0.1) is 0 Å². The van der Waals surface area contributed by atoms with Crippen molar-refractivity contribution in [3.8, 4) is 5.75 Å². The van der Waals surface area contributed by atoms with Crippen LogP contribution in [-0.2, 0) is 24.2 Å². The number of benzene rings is 2. The van der Waals surface area contributed by atoms with Crippen LogP contribution < -0.4 is 10.2 Å². The largest absolute Gasteiger partial charge is 0.497 e. The van der Waals surface area contributed by atoms with Crippen molar-refractivity contribution in [1.82, 2.24) is 10.4 Å². The van der Waals surface area contributed by atoms with Gasteiger partial charge in [-0.15, -0.1) is 0 Å². The van der Waals surface area contributed by atoms with Gasteiger partial charge in [-0.25, -0.2) is 5.48 Å². The molecule has 2 N–H and O–H groups in total. The van der Waals surface area contributed by atoms with Crippen molar-refractivity contribution in [3.05, 3.63) is 64.9 Å². The van der Waals surface area contributed by atoms with E-state index in [4.69, 9.17) is 14.4 Å². The number of amides is 2. The third-order valence-corrected chi connectivity index (χ3v) is 5.36. The Morgan fingerprint density at radius 1 is 1.21 bits per heavy atom. The van der Waals surface area contributed by atoms with E-state index in [2.05, 4.69) is 0 Å². The van der Waals surface area contributed by atoms with Gasteiger partial charge in [0.25, 0.3) is 5.91 Å². The van der Waals surface area contributed by atoms with Crippen LogP contribution in [0.25, 0.3) is 11.0 Å². The van der Waals surface area contributed by atoms with Crippen molar-refractivity contribution in [3.63, 3.8) is 0 Å². The number of furan rings is 1. The number of nitrogens with one attached hydrogen (secondary N) is 1. The maximum atomic E-state index is 13.0. The molecule has 7 nitrogen and oxygen atoms in total. The SMILES string of the molecule is COc1ccc2c(CC(=O)N3CCCc4cc(C(=O)NO)ccc4C3)coc2c1. The molecule has 0 radical (unpaired) electrons. The molecular weight excluding hydrogens is 372 g/mol. The highest BCUT2D eigenvalue weighted by atomic mass is 16.5. The zero-order valence-corrected chi connectivity index (χ0v) is 16.1. The first-order chi connectivity index (χ1) is 14.1. The van der Waals surface area contributed by atoms with E-state index in [1.807, 2.05) is 29.2 Å². The summed E-state index contributed by atoms with van der Waals surface area (Å²) in [5, 5.41) is 9.73. The molecule has 1 aromatic heterocycles. The maximum absolute atomic E-state index is 13.0. The summed E-state index contributed by atoms with van der Waals surface area (Å²) in [6.07, 6.45) is 3.49. The van der Waals surface area contributed by atoms with Gasteiger partial charge in [0.05, 0.1) is 19.8 Å². The third kappa shape index (κ3) is 3.82. The number of carbonyl (C=O) groups is 2. The van der Waals surface area contributed by atoms with Gasteiger partial charge in [0.15, 0.2) is 0 Å². The minimum Gasteiger partial charge on any atom is -0.497 e. The highest BCUT2D eigenvalue weighted by molar-refractivity contribution is 5.93. The van der Waals surface area contributed by atoms with Gasteiger partial charge >= 0.3 is 0 Å². The molecule has 0 spiro atoms. The zero-order valence-electron chi connectivity index (χ0n) is 16.1. The molecule has 0 bridgehead atoms. The number of nitrogens with zero attached hydrogens (tertiary/aromatic N) is 1. The summed E-state index contributed by atoms with van der Waals surface area (Å²) in [4.78, 5) is 26.5. The molecule has 0 saturated carbocycles. The number of rotatable bonds is 4. The van der Waals surface area contributed by atoms with Crippen molar-refractivity contribution < 1.29 is 24.0 Å². The Morgan fingerprint density at radius 2 is 2.07 bits per heavy atom. The average Bonchev–Trinajstić information content (AvgIpc) is 3.01. The fourth-order valence-corrected chi connectivity index (χ4v) is 3.78. The number of hydrogen-bond acceptors (Lipinski definition) is 5. The topological polar surface area (TPSA) is 92.0 Å². The summed E-state index contributed by atoms with van der Waals surface area (Å²) in [6.45, 7) is 1.15. The number of hydrogen-bond donors (Lipinski definition) is 2. The van der Waals surface area contributed by atoms with Crippen LogP contribution in [0.5, 0.6) is 5.75 Å². The monoisotopic (exact) mass is 394 g/mol. The fourth-order valence-electron chi connectivity index (χ4n) is 3.78. The average molecular weight is 394 g/mol. The highest BCUT2D eigenvalue weighted by Gasteiger charge is 2.21. The fraction of sp³-hybridized carbons (Fsp3) is 0.273. The Kier molecular flexibility index (Phi) is 5.22. The number of ether oxygens (including phenoxy) is 1. The van der Waals surface area contributed by atoms with E-state index in [9.17, 15) is 9.59 Å². The molecule has 2 amide bonds. The molecule has 0 fully saturated rings. The molecule has 1 aliphatic rings. The van der Waals surface area contributed by atoms with E-state index < -0.39 is 5.91 Å². The van der Waals surface area contributed by atoms with Gasteiger partial charge in [-0.05, 0) is 48.2 Å². The molecule has 2 aromatic carbocycles. The highest BCUT2D eigenvalue weighted by Crippen LogP contribution is 2.27. The van der Waals surface area contributed by atoms with Crippen molar-refractivity contribution in [2.24, 2.45) is 0 Å². The number of aryl methyl sites for hydroxylation is 1. The summed E-state index contributed by atoms with van der Waals surface area (Å²) in [5.41, 5.74) is 5.67. The Hall–Kier alpha value is -3.32. The van der Waals surface area contributed by atoms with Gasteiger partial charge in [0, 0.05) is 35.7 Å². The van der Waals surface area contributed by atoms with E-state index in [0.29, 0.717) is 30.0 Å². The number of hydroxylamine groups is 1. The molecule has 2 heterocycles. The molecule has 7 heteroatoms. The molecule has 0 unspecified atom stereocenters. The van der Waals surface area contributed by atoms with Gasteiger partial charge in [0.2, 0.25) is 5.91 Å². The minimum absolute atomic E-state index is 0.0357. The molecule has 29 heavy (non-hydrogen) atoms. The predicted octanol–water partition coefficient (Wildman–Crippen LogP) is 3.08. The lowest BCUT2D eigenvalue weighted by molar-refractivity contribution is -0.131. The van der Waals surface area contributed by atoms with Crippen LogP contribution in [-0.4, -0.2) is 35.6 Å². The maximum Gasteiger partial charge on any atom is 0.274 e. The molecule has 150 valence electrons. The van der Waals surface area contributed by atoms with E-state index in [1.165, 1.54) is 0 Å². The first-order valence-electron chi connectivity index (χ1n) is 9.47. The second kappa shape index (κ2) is 7.97. The minimum atomic E-state index is -0.534. The quantitative estimate of drug-likeness (QED) is 0.524. The first kappa shape index (κ1) is 19.0. The lowest BCUT2D eigenvalue weighted by Gasteiger charge is -2.21. The zero-order chi connectivity index (χ0) is 20.4. The van der Waals surface area contributed by atoms with Crippen LogP contribution in [0.3, 0.4) is 0 Å². The Labute approximate surface area is 167 Å². The summed E-state index contributed by atoms with van der Waals surface area (Å²) in [7, 11) is 1.60. The second-order valence-corrected chi connectivity index (χ2v) is 7.14. The van der Waals surface area contributed by atoms with E-state index in [1.54, 1.807) is 31.0 Å². The van der Waals surface area contributed by atoms with Crippen LogP contribution in [0.1, 0.15) is 33.5 Å². The number of methoxy groups -OCH3 is 1. The van der Waals surface area contributed by atoms with Crippen molar-refractivity contribution >= 4 is 22.8 Å². The first-order valence-corrected chi connectivity index (χ1v) is 9.47. The van der Waals surface area contributed by atoms with Crippen LogP contribution in [0.4, 0.5) is 0 Å². The van der Waals surface area contributed by atoms with E-state index in [-0.39, 0.29) is 12.3 Å². The molecule has 1 aliphatic heterocycles. The Balaban J connectivity index is 1.52. The second-order valence-electron chi connectivity index (χ2n) is 7.14. The Bertz CT molecular complexity index is 1070. The third-order valence-electron chi connectivity index (χ3n) is 5.36. The Morgan fingerprint density at radius 3 is 2.86 bits per heavy atom. The normalized spacial score (nSPS) is 13.7. The summed E-state index contributed by atoms with van der Waals surface area (Å²) < 4.78 is 10.8. The van der Waals surface area contributed by atoms with Crippen LogP contribution in [0.2, 0.25) is 0 Å². The molecule has 4 rings (SSSR count). The smallest absolute Gasteiger partial charge is 0.274 e. The molecule has 3 aromatic rings. The molecule has 0 aliphatic carbocycles. The van der Waals surface area contributed by atoms with Crippen molar-refractivity contribution in [2.75, 3.05) is 13.7 Å². The van der Waals surface area contributed by atoms with Gasteiger partial charge in [-0.1, -0.05) is 6.07 Å². The van der Waals surface area contributed by atoms with Crippen LogP contribution in [0.15, 0.2) is 47.1 Å². The van der Waals surface area contributed by atoms with Crippen molar-refractivity contribution in [2.45, 2.75) is 25.8 Å². The summed E-state index contributed by atoms with van der Waals surface area (Å²) >= 11 is 0. The van der Waals surface area contributed by atoms with E-state index in [0.717, 1.165) is 34.9 Å². The number of fused-ring (bicyclic) bond motifs is 2. The standard InChI is InChI=1S/C22H22N2O5/c1-28-18-6-7-19-17(13-29-20(19)11-18)10-21(25)24-8-2-3-14-9-15(22(26)23-27)4-5-16(14)12-24/h4-7,9,11,13,27H,2-3,8,10,12H2,1H3,(H,23,26).